The van der Waals surface area contributed by atoms with Crippen molar-refractivity contribution in [3.8, 4) is 0 Å². The van der Waals surface area contributed by atoms with Gasteiger partial charge in [-0.25, -0.2) is 4.79 Å². The topological polar surface area (TPSA) is 61.9 Å². The summed E-state index contributed by atoms with van der Waals surface area (Å²) in [4.78, 5) is 29.5. The van der Waals surface area contributed by atoms with Crippen molar-refractivity contribution in [3.05, 3.63) is 64.2 Å². The molecule has 1 heterocycles. The van der Waals surface area contributed by atoms with Gasteiger partial charge in [-0.05, 0) is 81.3 Å². The largest absolute Gasteiger partial charge is 0.444 e. The maximum absolute atomic E-state index is 13.2. The number of halogens is 4. The lowest BCUT2D eigenvalue weighted by Crippen LogP contribution is -2.51. The summed E-state index contributed by atoms with van der Waals surface area (Å²) < 4.78 is 44.3. The molecule has 10 heteroatoms. The third-order valence-corrected chi connectivity index (χ3v) is 6.81. The minimum absolute atomic E-state index is 0.293. The first-order chi connectivity index (χ1) is 18.6. The molecule has 0 saturated carbocycles. The summed E-state index contributed by atoms with van der Waals surface area (Å²) in [6.07, 6.45) is -2.68. The van der Waals surface area contributed by atoms with E-state index in [9.17, 15) is 22.8 Å². The second-order valence-corrected chi connectivity index (χ2v) is 12.1. The summed E-state index contributed by atoms with van der Waals surface area (Å²) in [6, 6.07) is 9.86. The van der Waals surface area contributed by atoms with Gasteiger partial charge in [0.2, 0.25) is 5.91 Å². The molecule has 0 aromatic heterocycles. The van der Waals surface area contributed by atoms with Crippen molar-refractivity contribution in [1.29, 1.82) is 0 Å². The summed E-state index contributed by atoms with van der Waals surface area (Å²) >= 11 is 6.62. The first-order valence-corrected chi connectivity index (χ1v) is 14.0. The summed E-state index contributed by atoms with van der Waals surface area (Å²) in [5.41, 5.74) is 0.798. The molecule has 2 aromatic rings. The Hall–Kier alpha value is -2.78. The standard InChI is InChI=1S/C30H39ClF3N3O3/c1-20(2)17-36(18-21-9-12-23(13-10-21)30(32,33)34)19-22-11-14-24(16-25(22)31)35-27(38)26-8-6-7-15-37(26)28(39)40-29(3,4)5/h9-14,16,20,26H,6-8,15,17-19H2,1-5H3,(H,35,38)/t26-/m1/s1. The molecule has 2 amide bonds. The van der Waals surface area contributed by atoms with E-state index in [1.165, 1.54) is 17.0 Å². The van der Waals surface area contributed by atoms with Crippen LogP contribution in [0.15, 0.2) is 42.5 Å². The van der Waals surface area contributed by atoms with Crippen molar-refractivity contribution in [2.45, 2.75) is 84.8 Å². The van der Waals surface area contributed by atoms with Gasteiger partial charge in [-0.2, -0.15) is 13.2 Å². The van der Waals surface area contributed by atoms with Gasteiger partial charge >= 0.3 is 12.3 Å². The molecule has 0 spiro atoms. The zero-order chi connectivity index (χ0) is 29.7. The van der Waals surface area contributed by atoms with Crippen molar-refractivity contribution in [2.24, 2.45) is 5.92 Å². The summed E-state index contributed by atoms with van der Waals surface area (Å²) in [5.74, 6) is 0.0355. The number of ether oxygens (including phenoxy) is 1. The van der Waals surface area contributed by atoms with Gasteiger partial charge < -0.3 is 10.1 Å². The number of benzene rings is 2. The molecule has 0 bridgehead atoms. The Balaban J connectivity index is 1.68. The number of hydrogen-bond donors (Lipinski definition) is 1. The van der Waals surface area contributed by atoms with Crippen LogP contribution in [0.4, 0.5) is 23.7 Å². The fourth-order valence-electron chi connectivity index (χ4n) is 4.72. The van der Waals surface area contributed by atoms with E-state index in [1.807, 2.05) is 6.07 Å². The molecule has 1 atom stereocenters. The number of anilines is 1. The molecule has 220 valence electrons. The second-order valence-electron chi connectivity index (χ2n) is 11.7. The van der Waals surface area contributed by atoms with Gasteiger partial charge in [-0.15, -0.1) is 0 Å². The zero-order valence-electron chi connectivity index (χ0n) is 23.8. The van der Waals surface area contributed by atoms with Crippen LogP contribution in [0.2, 0.25) is 5.02 Å². The number of nitrogens with one attached hydrogen (secondary N) is 1. The molecule has 0 unspecified atom stereocenters. The molecule has 40 heavy (non-hydrogen) atoms. The Morgan fingerprint density at radius 2 is 1.75 bits per heavy atom. The lowest BCUT2D eigenvalue weighted by molar-refractivity contribution is -0.137. The van der Waals surface area contributed by atoms with E-state index < -0.39 is 29.5 Å². The summed E-state index contributed by atoms with van der Waals surface area (Å²) in [7, 11) is 0. The van der Waals surface area contributed by atoms with Crippen molar-refractivity contribution < 1.29 is 27.5 Å². The van der Waals surface area contributed by atoms with Crippen LogP contribution in [0.5, 0.6) is 0 Å². The SMILES string of the molecule is CC(C)CN(Cc1ccc(C(F)(F)F)cc1)Cc1ccc(NC(=O)[C@H]2CCCCN2C(=O)OC(C)(C)C)cc1Cl. The molecule has 1 aliphatic rings. The average molecular weight is 582 g/mol. The number of hydrogen-bond acceptors (Lipinski definition) is 4. The molecule has 2 aromatic carbocycles. The molecule has 3 rings (SSSR count). The fourth-order valence-corrected chi connectivity index (χ4v) is 4.96. The Bertz CT molecular complexity index is 1160. The molecule has 1 aliphatic heterocycles. The molecule has 1 fully saturated rings. The van der Waals surface area contributed by atoms with E-state index in [-0.39, 0.29) is 5.91 Å². The molecule has 6 nitrogen and oxygen atoms in total. The maximum Gasteiger partial charge on any atom is 0.416 e. The van der Waals surface area contributed by atoms with Gasteiger partial charge in [0.15, 0.2) is 0 Å². The number of rotatable bonds is 8. The van der Waals surface area contributed by atoms with E-state index in [4.69, 9.17) is 16.3 Å². The third-order valence-electron chi connectivity index (χ3n) is 6.46. The Morgan fingerprint density at radius 1 is 1.07 bits per heavy atom. The van der Waals surface area contributed by atoms with E-state index in [2.05, 4.69) is 24.1 Å². The van der Waals surface area contributed by atoms with Gasteiger partial charge in [0.25, 0.3) is 0 Å². The zero-order valence-corrected chi connectivity index (χ0v) is 24.5. The van der Waals surface area contributed by atoms with Gasteiger partial charge in [0.05, 0.1) is 5.56 Å². The Kier molecular flexibility index (Phi) is 10.5. The normalized spacial score (nSPS) is 16.4. The quantitative estimate of drug-likeness (QED) is 0.346. The molecular weight excluding hydrogens is 543 g/mol. The number of nitrogens with zero attached hydrogens (tertiary/aromatic N) is 2. The molecule has 1 saturated heterocycles. The van der Waals surface area contributed by atoms with Crippen molar-refractivity contribution in [1.82, 2.24) is 9.80 Å². The number of carbonyl (C=O) groups excluding carboxylic acids is 2. The molecule has 0 radical (unpaired) electrons. The minimum Gasteiger partial charge on any atom is -0.444 e. The number of carbonyl (C=O) groups is 2. The van der Waals surface area contributed by atoms with Crippen LogP contribution in [0.1, 0.15) is 70.6 Å². The van der Waals surface area contributed by atoms with Crippen LogP contribution in [0.3, 0.4) is 0 Å². The minimum atomic E-state index is -4.37. The highest BCUT2D eigenvalue weighted by molar-refractivity contribution is 6.31. The Morgan fingerprint density at radius 3 is 2.33 bits per heavy atom. The van der Waals surface area contributed by atoms with Crippen LogP contribution in [0, 0.1) is 5.92 Å². The first kappa shape index (κ1) is 31.7. The highest BCUT2D eigenvalue weighted by Gasteiger charge is 2.35. The van der Waals surface area contributed by atoms with Crippen LogP contribution >= 0.6 is 11.6 Å². The monoisotopic (exact) mass is 581 g/mol. The van der Waals surface area contributed by atoms with E-state index in [0.717, 1.165) is 42.6 Å². The van der Waals surface area contributed by atoms with Gasteiger partial charge in [0.1, 0.15) is 11.6 Å². The number of piperidine rings is 1. The highest BCUT2D eigenvalue weighted by Crippen LogP contribution is 2.30. The van der Waals surface area contributed by atoms with Gasteiger partial charge in [-0.1, -0.05) is 43.6 Å². The maximum atomic E-state index is 13.2. The first-order valence-electron chi connectivity index (χ1n) is 13.6. The number of amides is 2. The molecule has 0 aliphatic carbocycles. The van der Waals surface area contributed by atoms with Crippen LogP contribution < -0.4 is 5.32 Å². The van der Waals surface area contributed by atoms with E-state index in [1.54, 1.807) is 32.9 Å². The van der Waals surface area contributed by atoms with Gasteiger partial charge in [-0.3, -0.25) is 14.6 Å². The van der Waals surface area contributed by atoms with Crippen LogP contribution in [-0.4, -0.2) is 46.5 Å². The summed E-state index contributed by atoms with van der Waals surface area (Å²) in [5, 5.41) is 3.36. The Labute approximate surface area is 239 Å². The predicted octanol–water partition coefficient (Wildman–Crippen LogP) is 7.75. The second kappa shape index (κ2) is 13.3. The van der Waals surface area contributed by atoms with Crippen LogP contribution in [-0.2, 0) is 28.8 Å². The lowest BCUT2D eigenvalue weighted by Gasteiger charge is -2.35. The average Bonchev–Trinajstić information content (AvgIpc) is 2.84. The highest BCUT2D eigenvalue weighted by atomic mass is 35.5. The number of likely N-dealkylation sites (tertiary alicyclic amines) is 1. The summed E-state index contributed by atoms with van der Waals surface area (Å²) in [6.45, 7) is 11.7. The smallest absolute Gasteiger partial charge is 0.416 e. The molecular formula is C30H39ClF3N3O3. The molecule has 1 N–H and O–H groups in total. The van der Waals surface area contributed by atoms with Crippen molar-refractivity contribution >= 4 is 29.3 Å². The van der Waals surface area contributed by atoms with Gasteiger partial charge in [0, 0.05) is 36.9 Å². The third kappa shape index (κ3) is 9.41. The van der Waals surface area contributed by atoms with Crippen LogP contribution in [0.25, 0.3) is 0 Å². The van der Waals surface area contributed by atoms with E-state index >= 15 is 0 Å². The van der Waals surface area contributed by atoms with Crippen molar-refractivity contribution in [2.75, 3.05) is 18.4 Å². The fraction of sp³-hybridized carbons (Fsp3) is 0.533. The van der Waals surface area contributed by atoms with Crippen molar-refractivity contribution in [3.63, 3.8) is 0 Å². The number of alkyl halides is 3. The lowest BCUT2D eigenvalue weighted by atomic mass is 10.0. The predicted molar refractivity (Wildman–Crippen MR) is 151 cm³/mol. The van der Waals surface area contributed by atoms with E-state index in [0.29, 0.717) is 42.7 Å².